The summed E-state index contributed by atoms with van der Waals surface area (Å²) >= 11 is 0. The number of amides is 2. The van der Waals surface area contributed by atoms with Crippen molar-refractivity contribution in [2.45, 2.75) is 38.3 Å². The monoisotopic (exact) mass is 336 g/mol. The Morgan fingerprint density at radius 2 is 2.17 bits per heavy atom. The van der Waals surface area contributed by atoms with Gasteiger partial charge in [0.05, 0.1) is 13.2 Å². The highest BCUT2D eigenvalue weighted by Gasteiger charge is 2.29. The van der Waals surface area contributed by atoms with Crippen LogP contribution in [0.2, 0.25) is 0 Å². The van der Waals surface area contributed by atoms with Crippen molar-refractivity contribution >= 4 is 6.03 Å². The van der Waals surface area contributed by atoms with Crippen molar-refractivity contribution in [3.8, 4) is 0 Å². The van der Waals surface area contributed by atoms with Gasteiger partial charge in [0.15, 0.2) is 5.82 Å². The first kappa shape index (κ1) is 17.2. The molecule has 0 radical (unpaired) electrons. The van der Waals surface area contributed by atoms with E-state index in [-0.39, 0.29) is 18.2 Å². The van der Waals surface area contributed by atoms with Crippen molar-refractivity contribution in [3.63, 3.8) is 0 Å². The third kappa shape index (κ3) is 4.24. The van der Waals surface area contributed by atoms with E-state index in [1.54, 1.807) is 6.33 Å². The minimum absolute atomic E-state index is 0.0185. The molecule has 0 saturated carbocycles. The zero-order valence-electron chi connectivity index (χ0n) is 14.6. The van der Waals surface area contributed by atoms with Crippen LogP contribution in [0.3, 0.4) is 0 Å². The standard InChI is InChI=1S/C16H28N6O2/c1-13(10-21-6-4-3-5-7-21)18-16(23)22-8-9-24-14(11-22)15-19-17-12-20(15)2/h12-14H,3-11H2,1-2H3,(H,18,23)/t13-,14+/m1/s1. The third-order valence-electron chi connectivity index (χ3n) is 4.74. The van der Waals surface area contributed by atoms with E-state index in [1.807, 2.05) is 16.5 Å². The molecule has 24 heavy (non-hydrogen) atoms. The van der Waals surface area contributed by atoms with Gasteiger partial charge in [-0.1, -0.05) is 6.42 Å². The van der Waals surface area contributed by atoms with E-state index >= 15 is 0 Å². The molecular formula is C16H28N6O2. The first-order valence-electron chi connectivity index (χ1n) is 8.87. The molecule has 8 nitrogen and oxygen atoms in total. The number of carbonyl (C=O) groups excluding carboxylic acids is 1. The lowest BCUT2D eigenvalue weighted by atomic mass is 10.1. The maximum Gasteiger partial charge on any atom is 0.317 e. The van der Waals surface area contributed by atoms with Gasteiger partial charge in [0.25, 0.3) is 0 Å². The van der Waals surface area contributed by atoms with Crippen LogP contribution in [0, 0.1) is 0 Å². The molecule has 3 heterocycles. The van der Waals surface area contributed by atoms with Crippen molar-refractivity contribution in [3.05, 3.63) is 12.2 Å². The highest BCUT2D eigenvalue weighted by molar-refractivity contribution is 5.74. The molecule has 0 bridgehead atoms. The number of nitrogens with zero attached hydrogens (tertiary/aromatic N) is 5. The van der Waals surface area contributed by atoms with Crippen LogP contribution in [-0.4, -0.2) is 76.0 Å². The van der Waals surface area contributed by atoms with Crippen LogP contribution in [0.5, 0.6) is 0 Å². The van der Waals surface area contributed by atoms with Crippen LogP contribution in [0.1, 0.15) is 38.1 Å². The number of hydrogen-bond donors (Lipinski definition) is 1. The third-order valence-corrected chi connectivity index (χ3v) is 4.74. The average molecular weight is 336 g/mol. The van der Waals surface area contributed by atoms with E-state index in [4.69, 9.17) is 4.74 Å². The number of rotatable bonds is 4. The number of nitrogens with one attached hydrogen (secondary N) is 1. The van der Waals surface area contributed by atoms with Crippen molar-refractivity contribution in [1.29, 1.82) is 0 Å². The van der Waals surface area contributed by atoms with E-state index in [2.05, 4.69) is 27.3 Å². The Balaban J connectivity index is 1.49. The molecule has 2 aliphatic rings. The summed E-state index contributed by atoms with van der Waals surface area (Å²) in [5.74, 6) is 0.758. The second-order valence-electron chi connectivity index (χ2n) is 6.82. The molecule has 0 spiro atoms. The SMILES string of the molecule is C[C@H](CN1CCCCC1)NC(=O)N1CCO[C@H](c2nncn2C)C1. The Kier molecular flexibility index (Phi) is 5.68. The molecule has 0 aromatic carbocycles. The number of urea groups is 1. The van der Waals surface area contributed by atoms with Crippen molar-refractivity contribution in [1.82, 2.24) is 29.9 Å². The van der Waals surface area contributed by atoms with Crippen LogP contribution in [0.25, 0.3) is 0 Å². The number of likely N-dealkylation sites (tertiary alicyclic amines) is 1. The zero-order chi connectivity index (χ0) is 16.9. The Morgan fingerprint density at radius 1 is 1.38 bits per heavy atom. The molecule has 8 heteroatoms. The fourth-order valence-corrected chi connectivity index (χ4v) is 3.45. The quantitative estimate of drug-likeness (QED) is 0.879. The van der Waals surface area contributed by atoms with E-state index in [9.17, 15) is 4.79 Å². The second kappa shape index (κ2) is 7.94. The molecule has 2 saturated heterocycles. The smallest absolute Gasteiger partial charge is 0.317 e. The maximum absolute atomic E-state index is 12.5. The van der Waals surface area contributed by atoms with Gasteiger partial charge in [0.1, 0.15) is 12.4 Å². The van der Waals surface area contributed by atoms with E-state index in [0.29, 0.717) is 19.7 Å². The molecule has 134 valence electrons. The lowest BCUT2D eigenvalue weighted by molar-refractivity contribution is -0.0218. The summed E-state index contributed by atoms with van der Waals surface area (Å²) in [7, 11) is 1.89. The summed E-state index contributed by atoms with van der Waals surface area (Å²) in [6.07, 6.45) is 5.30. The molecule has 1 N–H and O–H groups in total. The van der Waals surface area contributed by atoms with Crippen LogP contribution < -0.4 is 5.32 Å². The topological polar surface area (TPSA) is 75.5 Å². The number of ether oxygens (including phenoxy) is 1. The molecule has 0 aliphatic carbocycles. The lowest BCUT2D eigenvalue weighted by Crippen LogP contribution is -2.52. The summed E-state index contributed by atoms with van der Waals surface area (Å²) < 4.78 is 7.60. The number of hydrogen-bond acceptors (Lipinski definition) is 5. The second-order valence-corrected chi connectivity index (χ2v) is 6.82. The van der Waals surface area contributed by atoms with Gasteiger partial charge in [-0.3, -0.25) is 0 Å². The molecule has 2 fully saturated rings. The summed E-state index contributed by atoms with van der Waals surface area (Å²) in [5, 5.41) is 11.1. The Morgan fingerprint density at radius 3 is 2.88 bits per heavy atom. The summed E-state index contributed by atoms with van der Waals surface area (Å²) in [6, 6.07) is 0.127. The average Bonchev–Trinajstić information content (AvgIpc) is 3.02. The number of aromatic nitrogens is 3. The predicted octanol–water partition coefficient (Wildman–Crippen LogP) is 0.772. The van der Waals surface area contributed by atoms with Gasteiger partial charge in [-0.25, -0.2) is 4.79 Å². The fraction of sp³-hybridized carbons (Fsp3) is 0.812. The molecular weight excluding hydrogens is 308 g/mol. The van der Waals surface area contributed by atoms with Crippen LogP contribution >= 0.6 is 0 Å². The van der Waals surface area contributed by atoms with E-state index < -0.39 is 0 Å². The van der Waals surface area contributed by atoms with Crippen LogP contribution in [0.4, 0.5) is 4.79 Å². The number of aryl methyl sites for hydroxylation is 1. The van der Waals surface area contributed by atoms with Gasteiger partial charge in [0, 0.05) is 26.2 Å². The van der Waals surface area contributed by atoms with Crippen molar-refractivity contribution in [2.75, 3.05) is 39.3 Å². The van der Waals surface area contributed by atoms with Crippen molar-refractivity contribution in [2.24, 2.45) is 7.05 Å². The number of piperidine rings is 1. The first-order valence-corrected chi connectivity index (χ1v) is 8.87. The fourth-order valence-electron chi connectivity index (χ4n) is 3.45. The number of morpholine rings is 1. The molecule has 1 aromatic heterocycles. The molecule has 0 unspecified atom stereocenters. The highest BCUT2D eigenvalue weighted by Crippen LogP contribution is 2.19. The molecule has 2 aliphatic heterocycles. The largest absolute Gasteiger partial charge is 0.366 e. The summed E-state index contributed by atoms with van der Waals surface area (Å²) in [6.45, 7) is 6.92. The maximum atomic E-state index is 12.5. The van der Waals surface area contributed by atoms with Gasteiger partial charge in [-0.15, -0.1) is 10.2 Å². The van der Waals surface area contributed by atoms with Crippen LogP contribution in [-0.2, 0) is 11.8 Å². The molecule has 3 rings (SSSR count). The summed E-state index contributed by atoms with van der Waals surface area (Å²) in [4.78, 5) is 16.8. The van der Waals surface area contributed by atoms with Gasteiger partial charge in [-0.2, -0.15) is 0 Å². The first-order chi connectivity index (χ1) is 11.6. The van der Waals surface area contributed by atoms with Gasteiger partial charge in [0.2, 0.25) is 0 Å². The molecule has 2 atom stereocenters. The highest BCUT2D eigenvalue weighted by atomic mass is 16.5. The lowest BCUT2D eigenvalue weighted by Gasteiger charge is -2.34. The van der Waals surface area contributed by atoms with E-state index in [0.717, 1.165) is 25.5 Å². The molecule has 2 amide bonds. The predicted molar refractivity (Wildman–Crippen MR) is 89.6 cm³/mol. The van der Waals surface area contributed by atoms with Gasteiger partial charge in [-0.05, 0) is 32.9 Å². The molecule has 1 aromatic rings. The number of carbonyl (C=O) groups is 1. The van der Waals surface area contributed by atoms with Crippen molar-refractivity contribution < 1.29 is 9.53 Å². The Labute approximate surface area is 143 Å². The van der Waals surface area contributed by atoms with E-state index in [1.165, 1.54) is 19.3 Å². The van der Waals surface area contributed by atoms with Gasteiger partial charge >= 0.3 is 6.03 Å². The minimum Gasteiger partial charge on any atom is -0.366 e. The van der Waals surface area contributed by atoms with Gasteiger partial charge < -0.3 is 24.4 Å². The Bertz CT molecular complexity index is 542. The Hall–Kier alpha value is -1.67. The minimum atomic E-state index is -0.214. The normalized spacial score (nSPS) is 23.9. The van der Waals surface area contributed by atoms with Crippen LogP contribution in [0.15, 0.2) is 6.33 Å². The summed E-state index contributed by atoms with van der Waals surface area (Å²) in [5.41, 5.74) is 0. The zero-order valence-corrected chi connectivity index (χ0v) is 14.6.